The molecule has 0 fully saturated rings. The molecule has 0 radical (unpaired) electrons. The molecule has 1 heterocycles. The summed E-state index contributed by atoms with van der Waals surface area (Å²) >= 11 is 0. The second kappa shape index (κ2) is 9.15. The van der Waals surface area contributed by atoms with Crippen LogP contribution in [0.4, 0.5) is 5.69 Å². The van der Waals surface area contributed by atoms with Gasteiger partial charge in [0.05, 0.1) is 12.8 Å². The molecule has 0 spiro atoms. The zero-order valence-electron chi connectivity index (χ0n) is 19.3. The highest BCUT2D eigenvalue weighted by Gasteiger charge is 2.52. The number of hydrogen-bond acceptors (Lipinski definition) is 4. The number of carbonyl (C=O) groups is 1. The fraction of sp³-hybridized carbons (Fsp3) is 0.296. The number of methoxy groups -OCH3 is 1. The second-order valence-corrected chi connectivity index (χ2v) is 8.63. The van der Waals surface area contributed by atoms with E-state index in [4.69, 9.17) is 4.74 Å². The number of hydrogen-bond donors (Lipinski definition) is 0. The minimum atomic E-state index is -0.717. The number of ether oxygens (including phenoxy) is 1. The van der Waals surface area contributed by atoms with Gasteiger partial charge in [0.25, 0.3) is 5.91 Å². The van der Waals surface area contributed by atoms with Gasteiger partial charge in [0.1, 0.15) is 11.2 Å². The van der Waals surface area contributed by atoms with Crippen LogP contribution in [0.5, 0.6) is 5.75 Å². The first-order valence-electron chi connectivity index (χ1n) is 11.0. The lowest BCUT2D eigenvalue weighted by Gasteiger charge is -2.33. The van der Waals surface area contributed by atoms with E-state index in [1.54, 1.807) is 7.11 Å². The number of hydrazine groups is 1. The first-order chi connectivity index (χ1) is 15.5. The Kier molecular flexibility index (Phi) is 6.31. The van der Waals surface area contributed by atoms with Crippen LogP contribution >= 0.6 is 0 Å². The molecule has 5 heteroatoms. The average molecular weight is 430 g/mol. The lowest BCUT2D eigenvalue weighted by atomic mass is 9.73. The molecule has 32 heavy (non-hydrogen) atoms. The van der Waals surface area contributed by atoms with Crippen LogP contribution in [0.15, 0.2) is 78.9 Å². The van der Waals surface area contributed by atoms with Gasteiger partial charge in [0, 0.05) is 13.6 Å². The van der Waals surface area contributed by atoms with E-state index >= 15 is 0 Å². The van der Waals surface area contributed by atoms with E-state index < -0.39 is 5.41 Å². The molecule has 0 unspecified atom stereocenters. The Hall–Kier alpha value is -3.15. The Balaban J connectivity index is 1.77. The molecule has 0 bridgehead atoms. The number of anilines is 1. The topological polar surface area (TPSA) is 36.0 Å². The van der Waals surface area contributed by atoms with Crippen molar-refractivity contribution < 1.29 is 9.53 Å². The van der Waals surface area contributed by atoms with Crippen molar-refractivity contribution in [3.8, 4) is 5.75 Å². The number of carbonyl (C=O) groups excluding carboxylic acids is 1. The maximum Gasteiger partial charge on any atom is 0.256 e. The van der Waals surface area contributed by atoms with Gasteiger partial charge in [-0.1, -0.05) is 60.7 Å². The third kappa shape index (κ3) is 3.90. The summed E-state index contributed by atoms with van der Waals surface area (Å²) in [6.07, 6.45) is 0.712. The molecule has 166 valence electrons. The molecular formula is C27H31N3O2. The molecule has 4 rings (SSSR count). The van der Waals surface area contributed by atoms with Gasteiger partial charge in [-0.05, 0) is 62.0 Å². The maximum atomic E-state index is 14.3. The maximum absolute atomic E-state index is 14.3. The van der Waals surface area contributed by atoms with Crippen molar-refractivity contribution in [1.29, 1.82) is 0 Å². The van der Waals surface area contributed by atoms with Crippen molar-refractivity contribution >= 4 is 11.6 Å². The van der Waals surface area contributed by atoms with Gasteiger partial charge < -0.3 is 9.64 Å². The molecule has 1 amide bonds. The van der Waals surface area contributed by atoms with Gasteiger partial charge in [-0.15, -0.1) is 0 Å². The van der Waals surface area contributed by atoms with Gasteiger partial charge in [-0.25, -0.2) is 10.0 Å². The van der Waals surface area contributed by atoms with Crippen LogP contribution in [-0.4, -0.2) is 50.6 Å². The van der Waals surface area contributed by atoms with Crippen LogP contribution in [0.1, 0.15) is 23.1 Å². The third-order valence-electron chi connectivity index (χ3n) is 6.24. The molecule has 0 aromatic heterocycles. The molecule has 0 saturated carbocycles. The van der Waals surface area contributed by atoms with Crippen molar-refractivity contribution in [2.45, 2.75) is 18.4 Å². The zero-order valence-corrected chi connectivity index (χ0v) is 19.3. The monoisotopic (exact) mass is 429 g/mol. The molecule has 5 nitrogen and oxygen atoms in total. The number of para-hydroxylation sites is 1. The molecule has 1 atom stereocenters. The summed E-state index contributed by atoms with van der Waals surface area (Å²) in [6.45, 7) is 1.40. The van der Waals surface area contributed by atoms with Gasteiger partial charge in [0.15, 0.2) is 0 Å². The highest BCUT2D eigenvalue weighted by molar-refractivity contribution is 6.09. The van der Waals surface area contributed by atoms with E-state index in [0.717, 1.165) is 34.7 Å². The third-order valence-corrected chi connectivity index (χ3v) is 6.24. The van der Waals surface area contributed by atoms with E-state index in [-0.39, 0.29) is 5.91 Å². The van der Waals surface area contributed by atoms with Crippen LogP contribution < -0.4 is 9.75 Å². The van der Waals surface area contributed by atoms with Crippen molar-refractivity contribution in [1.82, 2.24) is 9.91 Å². The molecule has 3 aromatic carbocycles. The Morgan fingerprint density at radius 2 is 1.62 bits per heavy atom. The van der Waals surface area contributed by atoms with E-state index in [2.05, 4.69) is 49.3 Å². The highest BCUT2D eigenvalue weighted by atomic mass is 16.5. The van der Waals surface area contributed by atoms with Crippen molar-refractivity contribution in [3.63, 3.8) is 0 Å². The molecule has 1 aliphatic rings. The smallest absolute Gasteiger partial charge is 0.256 e. The fourth-order valence-electron chi connectivity index (χ4n) is 4.65. The Bertz CT molecular complexity index is 1080. The lowest BCUT2D eigenvalue weighted by Crippen LogP contribution is -2.49. The number of rotatable bonds is 8. The van der Waals surface area contributed by atoms with Crippen molar-refractivity contribution in [3.05, 3.63) is 95.6 Å². The molecule has 0 saturated heterocycles. The second-order valence-electron chi connectivity index (χ2n) is 8.63. The van der Waals surface area contributed by atoms with E-state index in [1.165, 1.54) is 0 Å². The standard InChI is InChI=1S/C27H31N3O2/c1-28(2)18-17-27(22-12-6-5-7-13-22)24-15-8-9-16-25(24)30(26(27)31)29(3)20-21-11-10-14-23(19-21)32-4/h5-16,19H,17-18,20H2,1-4H3/t27-/m1/s1. The first kappa shape index (κ1) is 22.1. The van der Waals surface area contributed by atoms with Crippen LogP contribution in [0.25, 0.3) is 0 Å². The molecular weight excluding hydrogens is 398 g/mol. The number of amides is 1. The average Bonchev–Trinajstić information content (AvgIpc) is 3.07. The van der Waals surface area contributed by atoms with Crippen LogP contribution in [0, 0.1) is 0 Å². The van der Waals surface area contributed by atoms with E-state index in [0.29, 0.717) is 13.0 Å². The number of benzene rings is 3. The minimum absolute atomic E-state index is 0.0946. The molecule has 1 aliphatic heterocycles. The van der Waals surface area contributed by atoms with Gasteiger partial charge in [-0.2, -0.15) is 0 Å². The Morgan fingerprint density at radius 1 is 0.906 bits per heavy atom. The van der Waals surface area contributed by atoms with Gasteiger partial charge in [-0.3, -0.25) is 4.79 Å². The van der Waals surface area contributed by atoms with Crippen LogP contribution in [0.2, 0.25) is 0 Å². The summed E-state index contributed by atoms with van der Waals surface area (Å²) < 4.78 is 5.38. The van der Waals surface area contributed by atoms with Gasteiger partial charge >= 0.3 is 0 Å². The van der Waals surface area contributed by atoms with Crippen molar-refractivity contribution in [2.24, 2.45) is 0 Å². The van der Waals surface area contributed by atoms with Gasteiger partial charge in [0.2, 0.25) is 0 Å². The predicted octanol–water partition coefficient (Wildman–Crippen LogP) is 4.33. The fourth-order valence-corrected chi connectivity index (χ4v) is 4.65. The predicted molar refractivity (Wildman–Crippen MR) is 129 cm³/mol. The molecule has 0 N–H and O–H groups in total. The summed E-state index contributed by atoms with van der Waals surface area (Å²) in [6, 6.07) is 26.4. The molecule has 0 aliphatic carbocycles. The first-order valence-corrected chi connectivity index (χ1v) is 11.0. The number of nitrogens with zero attached hydrogens (tertiary/aromatic N) is 3. The lowest BCUT2D eigenvalue weighted by molar-refractivity contribution is -0.124. The highest BCUT2D eigenvalue weighted by Crippen LogP contribution is 2.48. The zero-order chi connectivity index (χ0) is 22.7. The Morgan fingerprint density at radius 3 is 2.34 bits per heavy atom. The summed E-state index contributed by atoms with van der Waals surface area (Å²) in [4.78, 5) is 16.4. The summed E-state index contributed by atoms with van der Waals surface area (Å²) in [7, 11) is 7.75. The summed E-state index contributed by atoms with van der Waals surface area (Å²) in [5, 5.41) is 3.87. The Labute approximate surface area is 190 Å². The summed E-state index contributed by atoms with van der Waals surface area (Å²) in [5.74, 6) is 0.908. The molecule has 3 aromatic rings. The van der Waals surface area contributed by atoms with E-state index in [9.17, 15) is 4.79 Å². The van der Waals surface area contributed by atoms with E-state index in [1.807, 2.05) is 65.6 Å². The quantitative estimate of drug-likeness (QED) is 0.534. The van der Waals surface area contributed by atoms with Crippen LogP contribution in [0.3, 0.4) is 0 Å². The SMILES string of the molecule is COc1cccc(CN(C)N2C(=O)[C@](CCN(C)C)(c3ccccc3)c3ccccc32)c1. The summed E-state index contributed by atoms with van der Waals surface area (Å²) in [5.41, 5.74) is 3.42. The van der Waals surface area contributed by atoms with Crippen LogP contribution in [-0.2, 0) is 16.8 Å². The minimum Gasteiger partial charge on any atom is -0.497 e. The van der Waals surface area contributed by atoms with Crippen molar-refractivity contribution in [2.75, 3.05) is 39.8 Å². The number of fused-ring (bicyclic) bond motifs is 1. The largest absolute Gasteiger partial charge is 0.497 e. The normalized spacial score (nSPS) is 17.8.